The molecule has 3 aromatic rings. The van der Waals surface area contributed by atoms with E-state index < -0.39 is 5.91 Å². The Labute approximate surface area is 172 Å². The molecule has 0 aliphatic carbocycles. The molecule has 1 fully saturated rings. The second-order valence-corrected chi connectivity index (χ2v) is 7.96. The zero-order valence-corrected chi connectivity index (χ0v) is 16.8. The third-order valence-electron chi connectivity index (χ3n) is 4.70. The first-order chi connectivity index (χ1) is 13.6. The van der Waals surface area contributed by atoms with E-state index in [9.17, 15) is 4.79 Å². The monoisotopic (exact) mass is 413 g/mol. The van der Waals surface area contributed by atoms with Crippen LogP contribution in [0.1, 0.15) is 28.8 Å². The van der Waals surface area contributed by atoms with Crippen molar-refractivity contribution >= 4 is 35.2 Å². The molecule has 1 aliphatic rings. The Balaban J connectivity index is 1.63. The Morgan fingerprint density at radius 1 is 1.07 bits per heavy atom. The van der Waals surface area contributed by atoms with Crippen LogP contribution in [-0.4, -0.2) is 33.8 Å². The smallest absolute Gasteiger partial charge is 0.248 e. The van der Waals surface area contributed by atoms with Crippen molar-refractivity contribution in [2.75, 3.05) is 18.0 Å². The van der Waals surface area contributed by atoms with Crippen molar-refractivity contribution in [1.29, 1.82) is 0 Å². The first-order valence-corrected chi connectivity index (χ1v) is 10.5. The van der Waals surface area contributed by atoms with Crippen LogP contribution in [0.5, 0.6) is 0 Å². The molecule has 0 saturated carbocycles. The van der Waals surface area contributed by atoms with E-state index in [1.165, 1.54) is 0 Å². The normalized spacial score (nSPS) is 13.8. The highest BCUT2D eigenvalue weighted by Crippen LogP contribution is 2.33. The summed E-state index contributed by atoms with van der Waals surface area (Å²) in [7, 11) is 0. The van der Waals surface area contributed by atoms with Crippen LogP contribution in [0, 0.1) is 0 Å². The van der Waals surface area contributed by atoms with Gasteiger partial charge in [-0.15, -0.1) is 10.2 Å². The van der Waals surface area contributed by atoms with Gasteiger partial charge in [-0.3, -0.25) is 9.36 Å². The number of nitrogens with two attached hydrogens (primary N) is 1. The lowest BCUT2D eigenvalue weighted by atomic mass is 10.1. The number of carbonyl (C=O) groups excluding carboxylic acids is 1. The van der Waals surface area contributed by atoms with E-state index in [1.54, 1.807) is 23.9 Å². The van der Waals surface area contributed by atoms with Gasteiger partial charge in [0.15, 0.2) is 5.16 Å². The number of nitrogens with zero attached hydrogens (tertiary/aromatic N) is 4. The quantitative estimate of drug-likeness (QED) is 0.620. The Morgan fingerprint density at radius 3 is 2.46 bits per heavy atom. The van der Waals surface area contributed by atoms with E-state index in [2.05, 4.69) is 15.1 Å². The first kappa shape index (κ1) is 18.8. The summed E-state index contributed by atoms with van der Waals surface area (Å²) in [5.74, 6) is 1.10. The second-order valence-electron chi connectivity index (χ2n) is 6.61. The van der Waals surface area contributed by atoms with Gasteiger partial charge in [0.2, 0.25) is 11.9 Å². The van der Waals surface area contributed by atoms with Gasteiger partial charge in [-0.05, 0) is 42.7 Å². The van der Waals surface area contributed by atoms with E-state index in [0.29, 0.717) is 16.3 Å². The molecule has 1 amide bonds. The maximum atomic E-state index is 11.2. The first-order valence-electron chi connectivity index (χ1n) is 9.10. The second kappa shape index (κ2) is 8.24. The molecule has 28 heavy (non-hydrogen) atoms. The molecule has 1 aromatic heterocycles. The molecular weight excluding hydrogens is 394 g/mol. The summed E-state index contributed by atoms with van der Waals surface area (Å²) >= 11 is 8.07. The van der Waals surface area contributed by atoms with Crippen LogP contribution in [0.25, 0.3) is 5.69 Å². The van der Waals surface area contributed by atoms with Crippen molar-refractivity contribution in [3.8, 4) is 5.69 Å². The molecule has 2 aromatic carbocycles. The Kier molecular flexibility index (Phi) is 5.54. The van der Waals surface area contributed by atoms with Gasteiger partial charge >= 0.3 is 0 Å². The zero-order valence-electron chi connectivity index (χ0n) is 15.2. The van der Waals surface area contributed by atoms with E-state index in [-0.39, 0.29) is 0 Å². The largest absolute Gasteiger partial charge is 0.366 e. The van der Waals surface area contributed by atoms with Crippen molar-refractivity contribution in [1.82, 2.24) is 14.8 Å². The van der Waals surface area contributed by atoms with Crippen LogP contribution in [0.3, 0.4) is 0 Å². The zero-order chi connectivity index (χ0) is 19.5. The topological polar surface area (TPSA) is 77.0 Å². The van der Waals surface area contributed by atoms with Crippen LogP contribution in [0.2, 0.25) is 5.02 Å². The minimum Gasteiger partial charge on any atom is -0.366 e. The molecule has 6 nitrogen and oxygen atoms in total. The molecule has 0 spiro atoms. The number of amides is 1. The number of rotatable bonds is 6. The molecule has 4 rings (SSSR count). The van der Waals surface area contributed by atoms with Crippen LogP contribution >= 0.6 is 23.4 Å². The van der Waals surface area contributed by atoms with Crippen molar-refractivity contribution in [3.63, 3.8) is 0 Å². The fourth-order valence-corrected chi connectivity index (χ4v) is 4.35. The van der Waals surface area contributed by atoms with Gasteiger partial charge < -0.3 is 10.6 Å². The summed E-state index contributed by atoms with van der Waals surface area (Å²) in [6.07, 6.45) is 2.31. The Bertz CT molecular complexity index is 983. The number of carbonyl (C=O) groups is 1. The van der Waals surface area contributed by atoms with Gasteiger partial charge in [-0.1, -0.05) is 47.6 Å². The van der Waals surface area contributed by atoms with Gasteiger partial charge in [0, 0.05) is 24.4 Å². The molecule has 0 unspecified atom stereocenters. The highest BCUT2D eigenvalue weighted by Gasteiger charge is 2.23. The van der Waals surface area contributed by atoms with Crippen LogP contribution in [0.4, 0.5) is 5.95 Å². The maximum absolute atomic E-state index is 11.2. The summed E-state index contributed by atoms with van der Waals surface area (Å²) in [4.78, 5) is 13.5. The average Bonchev–Trinajstić information content (AvgIpc) is 3.37. The number of anilines is 1. The summed E-state index contributed by atoms with van der Waals surface area (Å²) in [5, 5.41) is 10.4. The average molecular weight is 414 g/mol. The van der Waals surface area contributed by atoms with E-state index in [1.807, 2.05) is 41.0 Å². The molecule has 1 aliphatic heterocycles. The summed E-state index contributed by atoms with van der Waals surface area (Å²) < 4.78 is 2.04. The molecule has 0 radical (unpaired) electrons. The van der Waals surface area contributed by atoms with Gasteiger partial charge in [0.05, 0.1) is 10.7 Å². The van der Waals surface area contributed by atoms with E-state index >= 15 is 0 Å². The predicted molar refractivity (Wildman–Crippen MR) is 112 cm³/mol. The SMILES string of the molecule is NC(=O)c1ccc(CSc2nnc(N3CCCC3)n2-c2ccccc2Cl)cc1. The lowest BCUT2D eigenvalue weighted by Crippen LogP contribution is -2.22. The number of benzene rings is 2. The third kappa shape index (κ3) is 3.86. The Morgan fingerprint density at radius 2 is 1.79 bits per heavy atom. The number of primary amides is 1. The van der Waals surface area contributed by atoms with Crippen LogP contribution < -0.4 is 10.6 Å². The molecule has 2 heterocycles. The van der Waals surface area contributed by atoms with Crippen molar-refractivity contribution in [2.24, 2.45) is 5.73 Å². The lowest BCUT2D eigenvalue weighted by molar-refractivity contribution is 0.100. The van der Waals surface area contributed by atoms with Crippen molar-refractivity contribution in [3.05, 3.63) is 64.7 Å². The highest BCUT2D eigenvalue weighted by atomic mass is 35.5. The fourth-order valence-electron chi connectivity index (χ4n) is 3.23. The molecule has 144 valence electrons. The van der Waals surface area contributed by atoms with Crippen LogP contribution in [-0.2, 0) is 5.75 Å². The number of para-hydroxylation sites is 1. The minimum absolute atomic E-state index is 0.423. The molecular formula is C20H20ClN5OS. The van der Waals surface area contributed by atoms with Gasteiger partial charge in [-0.25, -0.2) is 0 Å². The van der Waals surface area contributed by atoms with Crippen LogP contribution in [0.15, 0.2) is 53.7 Å². The number of aromatic nitrogens is 3. The number of hydrogen-bond acceptors (Lipinski definition) is 5. The molecule has 8 heteroatoms. The Hall–Kier alpha value is -2.51. The van der Waals surface area contributed by atoms with Gasteiger partial charge in [0.1, 0.15) is 0 Å². The molecule has 0 atom stereocenters. The third-order valence-corrected chi connectivity index (χ3v) is 6.02. The predicted octanol–water partition coefficient (Wildman–Crippen LogP) is 3.91. The fraction of sp³-hybridized carbons (Fsp3) is 0.250. The number of halogens is 1. The minimum atomic E-state index is -0.423. The molecule has 1 saturated heterocycles. The highest BCUT2D eigenvalue weighted by molar-refractivity contribution is 7.98. The maximum Gasteiger partial charge on any atom is 0.248 e. The van der Waals surface area contributed by atoms with E-state index in [0.717, 1.165) is 48.3 Å². The summed E-state index contributed by atoms with van der Waals surface area (Å²) in [6, 6.07) is 15.0. The summed E-state index contributed by atoms with van der Waals surface area (Å²) in [6.45, 7) is 1.95. The number of thioether (sulfide) groups is 1. The molecule has 0 bridgehead atoms. The number of hydrogen-bond donors (Lipinski definition) is 1. The van der Waals surface area contributed by atoms with Crippen molar-refractivity contribution in [2.45, 2.75) is 23.8 Å². The van der Waals surface area contributed by atoms with Gasteiger partial charge in [0.25, 0.3) is 0 Å². The lowest BCUT2D eigenvalue weighted by Gasteiger charge is -2.19. The van der Waals surface area contributed by atoms with E-state index in [4.69, 9.17) is 17.3 Å². The van der Waals surface area contributed by atoms with Crippen molar-refractivity contribution < 1.29 is 4.79 Å². The summed E-state index contributed by atoms with van der Waals surface area (Å²) in [5.41, 5.74) is 7.76. The standard InChI is InChI=1S/C20H20ClN5OS/c21-16-5-1-2-6-17(16)26-19(25-11-3-4-12-25)23-24-20(26)28-13-14-7-9-15(10-8-14)18(22)27/h1-2,5-10H,3-4,11-13H2,(H2,22,27). The van der Waals surface area contributed by atoms with Gasteiger partial charge in [-0.2, -0.15) is 0 Å². The molecule has 2 N–H and O–H groups in total.